The first-order chi connectivity index (χ1) is 8.75. The van der Waals surface area contributed by atoms with Gasteiger partial charge < -0.3 is 10.6 Å². The molecule has 0 fully saturated rings. The molecule has 5 nitrogen and oxygen atoms in total. The minimum atomic E-state index is -3.44. The maximum atomic E-state index is 12.4. The number of hydrogen-bond donors (Lipinski definition) is 1. The number of nitrogens with zero attached hydrogens (tertiary/aromatic N) is 2. The molecule has 0 aliphatic heterocycles. The molecule has 1 atom stereocenters. The van der Waals surface area contributed by atoms with Gasteiger partial charge in [0.2, 0.25) is 10.0 Å². The van der Waals surface area contributed by atoms with E-state index >= 15 is 0 Å². The SMILES string of the molecule is CC(N)c1cccc(S(=O)(=O)N(C)CCN(C)C)c1. The fourth-order valence-electron chi connectivity index (χ4n) is 1.60. The standard InChI is InChI=1S/C13H23N3O2S/c1-11(14)12-6-5-7-13(10-12)19(17,18)16(4)9-8-15(2)3/h5-7,10-11H,8-9,14H2,1-4H3. The number of rotatable bonds is 6. The third-order valence-corrected chi connectivity index (χ3v) is 4.81. The van der Waals surface area contributed by atoms with Crippen LogP contribution in [-0.4, -0.2) is 51.9 Å². The topological polar surface area (TPSA) is 66.6 Å². The minimum Gasteiger partial charge on any atom is -0.324 e. The van der Waals surface area contributed by atoms with Crippen molar-refractivity contribution in [2.24, 2.45) is 5.73 Å². The van der Waals surface area contributed by atoms with Gasteiger partial charge in [-0.15, -0.1) is 0 Å². The average molecular weight is 285 g/mol. The number of sulfonamides is 1. The summed E-state index contributed by atoms with van der Waals surface area (Å²) in [6.45, 7) is 2.97. The zero-order valence-electron chi connectivity index (χ0n) is 12.0. The molecule has 19 heavy (non-hydrogen) atoms. The highest BCUT2D eigenvalue weighted by Gasteiger charge is 2.21. The summed E-state index contributed by atoms with van der Waals surface area (Å²) in [6, 6.07) is 6.64. The van der Waals surface area contributed by atoms with Gasteiger partial charge in [-0.05, 0) is 38.7 Å². The van der Waals surface area contributed by atoms with E-state index in [4.69, 9.17) is 5.73 Å². The fraction of sp³-hybridized carbons (Fsp3) is 0.538. The van der Waals surface area contributed by atoms with E-state index in [-0.39, 0.29) is 6.04 Å². The van der Waals surface area contributed by atoms with E-state index < -0.39 is 10.0 Å². The summed E-state index contributed by atoms with van der Waals surface area (Å²) in [5, 5.41) is 0. The fourth-order valence-corrected chi connectivity index (χ4v) is 2.82. The molecule has 0 aliphatic carbocycles. The average Bonchev–Trinajstić information content (AvgIpc) is 2.35. The van der Waals surface area contributed by atoms with Crippen LogP contribution in [0.4, 0.5) is 0 Å². The summed E-state index contributed by atoms with van der Waals surface area (Å²) >= 11 is 0. The molecule has 108 valence electrons. The number of benzene rings is 1. The quantitative estimate of drug-likeness (QED) is 0.843. The lowest BCUT2D eigenvalue weighted by atomic mass is 10.1. The minimum absolute atomic E-state index is 0.178. The lowest BCUT2D eigenvalue weighted by molar-refractivity contribution is 0.358. The second-order valence-corrected chi connectivity index (χ2v) is 7.04. The van der Waals surface area contributed by atoms with Crippen LogP contribution in [0.5, 0.6) is 0 Å². The molecular formula is C13H23N3O2S. The van der Waals surface area contributed by atoms with Crippen LogP contribution in [-0.2, 0) is 10.0 Å². The maximum absolute atomic E-state index is 12.4. The Kier molecular flexibility index (Phi) is 5.49. The Morgan fingerprint density at radius 3 is 2.37 bits per heavy atom. The normalized spacial score (nSPS) is 14.1. The molecule has 0 spiro atoms. The van der Waals surface area contributed by atoms with Crippen LogP contribution in [0.25, 0.3) is 0 Å². The van der Waals surface area contributed by atoms with Gasteiger partial charge in [0.15, 0.2) is 0 Å². The highest BCUT2D eigenvalue weighted by atomic mass is 32.2. The van der Waals surface area contributed by atoms with Crippen LogP contribution >= 0.6 is 0 Å². The van der Waals surface area contributed by atoms with Gasteiger partial charge >= 0.3 is 0 Å². The van der Waals surface area contributed by atoms with Crippen LogP contribution in [0.2, 0.25) is 0 Å². The highest BCUT2D eigenvalue weighted by Crippen LogP contribution is 2.18. The molecule has 1 unspecified atom stereocenters. The van der Waals surface area contributed by atoms with Gasteiger partial charge in [-0.2, -0.15) is 4.31 Å². The molecule has 1 aromatic carbocycles. The molecule has 0 radical (unpaired) electrons. The van der Waals surface area contributed by atoms with Crippen molar-refractivity contribution in [1.29, 1.82) is 0 Å². The summed E-state index contributed by atoms with van der Waals surface area (Å²) < 4.78 is 26.1. The van der Waals surface area contributed by atoms with Crippen molar-refractivity contribution in [2.45, 2.75) is 17.9 Å². The maximum Gasteiger partial charge on any atom is 0.242 e. The summed E-state index contributed by atoms with van der Waals surface area (Å²) in [5.41, 5.74) is 6.61. The number of likely N-dealkylation sites (N-methyl/N-ethyl adjacent to an activating group) is 2. The summed E-state index contributed by atoms with van der Waals surface area (Å²) in [6.07, 6.45) is 0. The summed E-state index contributed by atoms with van der Waals surface area (Å²) in [4.78, 5) is 2.24. The van der Waals surface area contributed by atoms with E-state index in [1.807, 2.05) is 32.0 Å². The second kappa shape index (κ2) is 6.47. The predicted molar refractivity (Wildman–Crippen MR) is 77.4 cm³/mol. The molecular weight excluding hydrogens is 262 g/mol. The van der Waals surface area contributed by atoms with Gasteiger partial charge in [0.05, 0.1) is 4.90 Å². The lowest BCUT2D eigenvalue weighted by Gasteiger charge is -2.20. The van der Waals surface area contributed by atoms with E-state index in [0.717, 1.165) is 5.56 Å². The molecule has 6 heteroatoms. The van der Waals surface area contributed by atoms with Gasteiger partial charge in [0.1, 0.15) is 0 Å². The monoisotopic (exact) mass is 285 g/mol. The Morgan fingerprint density at radius 2 is 1.84 bits per heavy atom. The Labute approximate surface area is 116 Å². The largest absolute Gasteiger partial charge is 0.324 e. The molecule has 1 aromatic rings. The van der Waals surface area contributed by atoms with Crippen molar-refractivity contribution >= 4 is 10.0 Å². The second-order valence-electron chi connectivity index (χ2n) is 4.99. The first-order valence-corrected chi connectivity index (χ1v) is 7.65. The zero-order chi connectivity index (χ0) is 14.6. The third-order valence-electron chi connectivity index (χ3n) is 2.95. The first-order valence-electron chi connectivity index (χ1n) is 6.21. The zero-order valence-corrected chi connectivity index (χ0v) is 12.8. The van der Waals surface area contributed by atoms with Crippen molar-refractivity contribution in [3.8, 4) is 0 Å². The van der Waals surface area contributed by atoms with Crippen molar-refractivity contribution in [1.82, 2.24) is 9.21 Å². The highest BCUT2D eigenvalue weighted by molar-refractivity contribution is 7.89. The van der Waals surface area contributed by atoms with Crippen molar-refractivity contribution in [3.05, 3.63) is 29.8 Å². The molecule has 0 amide bonds. The van der Waals surface area contributed by atoms with Crippen LogP contribution in [0.15, 0.2) is 29.2 Å². The van der Waals surface area contributed by atoms with Gasteiger partial charge in [0, 0.05) is 26.2 Å². The molecule has 2 N–H and O–H groups in total. The van der Waals surface area contributed by atoms with Crippen molar-refractivity contribution < 1.29 is 8.42 Å². The van der Waals surface area contributed by atoms with Crippen LogP contribution in [0.3, 0.4) is 0 Å². The van der Waals surface area contributed by atoms with Crippen LogP contribution in [0.1, 0.15) is 18.5 Å². The summed E-state index contributed by atoms with van der Waals surface area (Å²) in [7, 11) is 1.98. The third kappa shape index (κ3) is 4.28. The molecule has 0 saturated heterocycles. The Morgan fingerprint density at radius 1 is 1.21 bits per heavy atom. The Hall–Kier alpha value is -0.950. The van der Waals surface area contributed by atoms with E-state index in [2.05, 4.69) is 0 Å². The van der Waals surface area contributed by atoms with E-state index in [1.165, 1.54) is 4.31 Å². The molecule has 1 rings (SSSR count). The van der Waals surface area contributed by atoms with E-state index in [9.17, 15) is 8.42 Å². The van der Waals surface area contributed by atoms with E-state index in [0.29, 0.717) is 18.0 Å². The number of hydrogen-bond acceptors (Lipinski definition) is 4. The predicted octanol–water partition coefficient (Wildman–Crippen LogP) is 0.888. The Bertz CT molecular complexity index is 512. The lowest BCUT2D eigenvalue weighted by Crippen LogP contribution is -2.33. The van der Waals surface area contributed by atoms with Crippen molar-refractivity contribution in [2.75, 3.05) is 34.2 Å². The number of nitrogens with two attached hydrogens (primary N) is 1. The molecule has 0 heterocycles. The summed E-state index contributed by atoms with van der Waals surface area (Å²) in [5.74, 6) is 0. The van der Waals surface area contributed by atoms with Gasteiger partial charge in [-0.1, -0.05) is 12.1 Å². The Balaban J connectivity index is 2.96. The molecule has 0 saturated carbocycles. The molecule has 0 aliphatic rings. The van der Waals surface area contributed by atoms with Gasteiger partial charge in [0.25, 0.3) is 0 Å². The van der Waals surface area contributed by atoms with Crippen molar-refractivity contribution in [3.63, 3.8) is 0 Å². The first kappa shape index (κ1) is 16.1. The van der Waals surface area contributed by atoms with Gasteiger partial charge in [-0.3, -0.25) is 0 Å². The van der Waals surface area contributed by atoms with Crippen LogP contribution in [0, 0.1) is 0 Å². The van der Waals surface area contributed by atoms with Crippen LogP contribution < -0.4 is 5.73 Å². The van der Waals surface area contributed by atoms with E-state index in [1.54, 1.807) is 25.2 Å². The van der Waals surface area contributed by atoms with Gasteiger partial charge in [-0.25, -0.2) is 8.42 Å². The molecule has 0 bridgehead atoms. The molecule has 0 aromatic heterocycles. The smallest absolute Gasteiger partial charge is 0.242 e.